The van der Waals surface area contributed by atoms with E-state index in [4.69, 9.17) is 4.74 Å². The van der Waals surface area contributed by atoms with Crippen LogP contribution in [0.1, 0.15) is 11.1 Å². The number of carbonyl (C=O) groups excluding carboxylic acids is 1. The van der Waals surface area contributed by atoms with Gasteiger partial charge in [-0.1, -0.05) is 30.3 Å². The molecule has 5 heteroatoms. The third kappa shape index (κ3) is 5.16. The molecule has 4 nitrogen and oxygen atoms in total. The summed E-state index contributed by atoms with van der Waals surface area (Å²) in [5.41, 5.74) is 3.07. The summed E-state index contributed by atoms with van der Waals surface area (Å²) in [4.78, 5) is 11.8. The van der Waals surface area contributed by atoms with E-state index in [1.807, 2.05) is 24.3 Å². The number of hydrogen-bond acceptors (Lipinski definition) is 3. The van der Waals surface area contributed by atoms with Gasteiger partial charge >= 0.3 is 0 Å². The lowest BCUT2D eigenvalue weighted by Gasteiger charge is -2.18. The predicted molar refractivity (Wildman–Crippen MR) is 95.9 cm³/mol. The van der Waals surface area contributed by atoms with E-state index in [0.717, 1.165) is 23.4 Å². The summed E-state index contributed by atoms with van der Waals surface area (Å²) in [6.45, 7) is 2.53. The molecular formula is C20H21FN2O2. The van der Waals surface area contributed by atoms with Crippen molar-refractivity contribution in [1.29, 1.82) is 0 Å². The van der Waals surface area contributed by atoms with Crippen LogP contribution in [0.5, 0.6) is 5.75 Å². The van der Waals surface area contributed by atoms with Crippen molar-refractivity contribution in [3.63, 3.8) is 0 Å². The smallest absolute Gasteiger partial charge is 0.224 e. The second-order valence-corrected chi connectivity index (χ2v) is 5.96. The van der Waals surface area contributed by atoms with Gasteiger partial charge in [0.15, 0.2) is 0 Å². The van der Waals surface area contributed by atoms with Gasteiger partial charge in [0.25, 0.3) is 0 Å². The topological polar surface area (TPSA) is 50.4 Å². The minimum atomic E-state index is -0.294. The molecule has 2 aromatic carbocycles. The highest BCUT2D eigenvalue weighted by atomic mass is 19.1. The third-order valence-electron chi connectivity index (χ3n) is 3.95. The molecule has 2 N–H and O–H groups in total. The highest BCUT2D eigenvalue weighted by Gasteiger charge is 2.10. The van der Waals surface area contributed by atoms with Gasteiger partial charge in [-0.2, -0.15) is 0 Å². The Bertz CT molecular complexity index is 757. The van der Waals surface area contributed by atoms with Crippen molar-refractivity contribution >= 4 is 12.0 Å². The van der Waals surface area contributed by atoms with E-state index < -0.39 is 0 Å². The van der Waals surface area contributed by atoms with Crippen LogP contribution in [0.3, 0.4) is 0 Å². The summed E-state index contributed by atoms with van der Waals surface area (Å²) in [5.74, 6) is 0.554. The Kier molecular flexibility index (Phi) is 5.80. The molecule has 0 atom stereocenters. The fourth-order valence-electron chi connectivity index (χ4n) is 2.65. The van der Waals surface area contributed by atoms with Gasteiger partial charge in [0.05, 0.1) is 6.42 Å². The van der Waals surface area contributed by atoms with E-state index in [-0.39, 0.29) is 18.1 Å². The second kappa shape index (κ2) is 8.44. The molecular weight excluding hydrogens is 319 g/mol. The standard InChI is InChI=1S/C20H21FN2O2/c21-18-7-5-15(6-8-18)12-20(24)23-10-9-22-13-16-11-17-3-1-2-4-19(17)25-14-16/h1-8,11,22H,9-10,12-14H2,(H,23,24). The largest absolute Gasteiger partial charge is 0.489 e. The molecule has 1 heterocycles. The quantitative estimate of drug-likeness (QED) is 0.762. The molecule has 0 saturated heterocycles. The number of rotatable bonds is 7. The highest BCUT2D eigenvalue weighted by molar-refractivity contribution is 5.78. The van der Waals surface area contributed by atoms with Crippen LogP contribution in [0.2, 0.25) is 0 Å². The minimum absolute atomic E-state index is 0.0671. The fourth-order valence-corrected chi connectivity index (χ4v) is 2.65. The van der Waals surface area contributed by atoms with Crippen molar-refractivity contribution < 1.29 is 13.9 Å². The Labute approximate surface area is 146 Å². The highest BCUT2D eigenvalue weighted by Crippen LogP contribution is 2.25. The van der Waals surface area contributed by atoms with Gasteiger partial charge in [0, 0.05) is 25.2 Å². The first-order valence-corrected chi connectivity index (χ1v) is 8.34. The molecule has 2 aromatic rings. The van der Waals surface area contributed by atoms with Gasteiger partial charge in [-0.3, -0.25) is 4.79 Å². The molecule has 1 aliphatic heterocycles. The molecule has 0 spiro atoms. The van der Waals surface area contributed by atoms with Crippen LogP contribution in [-0.2, 0) is 11.2 Å². The van der Waals surface area contributed by atoms with E-state index in [1.54, 1.807) is 12.1 Å². The minimum Gasteiger partial charge on any atom is -0.489 e. The fraction of sp³-hybridized carbons (Fsp3) is 0.250. The van der Waals surface area contributed by atoms with Crippen LogP contribution in [-0.4, -0.2) is 32.1 Å². The van der Waals surface area contributed by atoms with E-state index in [0.29, 0.717) is 19.7 Å². The first-order valence-electron chi connectivity index (χ1n) is 8.34. The summed E-state index contributed by atoms with van der Waals surface area (Å²) in [5, 5.41) is 6.15. The van der Waals surface area contributed by atoms with Crippen molar-refractivity contribution in [3.8, 4) is 5.75 Å². The van der Waals surface area contributed by atoms with E-state index in [1.165, 1.54) is 17.7 Å². The van der Waals surface area contributed by atoms with E-state index in [2.05, 4.69) is 16.7 Å². The molecule has 25 heavy (non-hydrogen) atoms. The van der Waals surface area contributed by atoms with Gasteiger partial charge in [0.2, 0.25) is 5.91 Å². The first-order chi connectivity index (χ1) is 12.2. The number of amides is 1. The molecule has 0 fully saturated rings. The second-order valence-electron chi connectivity index (χ2n) is 5.96. The number of ether oxygens (including phenoxy) is 1. The number of carbonyl (C=O) groups is 1. The number of halogens is 1. The lowest BCUT2D eigenvalue weighted by molar-refractivity contribution is -0.120. The zero-order valence-corrected chi connectivity index (χ0v) is 13.9. The van der Waals surface area contributed by atoms with Gasteiger partial charge in [-0.05, 0) is 35.4 Å². The maximum atomic E-state index is 12.8. The Morgan fingerprint density at radius 1 is 1.08 bits per heavy atom. The SMILES string of the molecule is O=C(Cc1ccc(F)cc1)NCCNCC1=Cc2ccccc2OC1. The molecule has 0 aliphatic carbocycles. The van der Waals surface area contributed by atoms with Crippen LogP contribution in [0.4, 0.5) is 4.39 Å². The van der Waals surface area contributed by atoms with Crippen molar-refractivity contribution in [2.24, 2.45) is 0 Å². The zero-order chi connectivity index (χ0) is 17.5. The van der Waals surface area contributed by atoms with Crippen molar-refractivity contribution in [2.75, 3.05) is 26.2 Å². The molecule has 0 unspecified atom stereocenters. The van der Waals surface area contributed by atoms with Crippen molar-refractivity contribution in [1.82, 2.24) is 10.6 Å². The first kappa shape index (κ1) is 17.2. The molecule has 0 saturated carbocycles. The summed E-state index contributed by atoms with van der Waals surface area (Å²) in [6, 6.07) is 13.9. The third-order valence-corrected chi connectivity index (χ3v) is 3.95. The predicted octanol–water partition coefficient (Wildman–Crippen LogP) is 2.55. The monoisotopic (exact) mass is 340 g/mol. The van der Waals surface area contributed by atoms with Crippen molar-refractivity contribution in [2.45, 2.75) is 6.42 Å². The van der Waals surface area contributed by atoms with E-state index >= 15 is 0 Å². The molecule has 1 aliphatic rings. The van der Waals surface area contributed by atoms with Crippen LogP contribution >= 0.6 is 0 Å². The van der Waals surface area contributed by atoms with Crippen LogP contribution in [0.15, 0.2) is 54.1 Å². The van der Waals surface area contributed by atoms with Crippen LogP contribution in [0, 0.1) is 5.82 Å². The molecule has 0 radical (unpaired) electrons. The maximum Gasteiger partial charge on any atom is 0.224 e. The van der Waals surface area contributed by atoms with Gasteiger partial charge < -0.3 is 15.4 Å². The number of hydrogen-bond donors (Lipinski definition) is 2. The Balaban J connectivity index is 1.34. The number of fused-ring (bicyclic) bond motifs is 1. The summed E-state index contributed by atoms with van der Waals surface area (Å²) in [6.07, 6.45) is 2.40. The van der Waals surface area contributed by atoms with E-state index in [9.17, 15) is 9.18 Å². The number of nitrogens with one attached hydrogen (secondary N) is 2. The van der Waals surface area contributed by atoms with Crippen LogP contribution < -0.4 is 15.4 Å². The molecule has 1 amide bonds. The average Bonchev–Trinajstić information content (AvgIpc) is 2.63. The molecule has 3 rings (SSSR count). The molecule has 130 valence electrons. The van der Waals surface area contributed by atoms with Crippen molar-refractivity contribution in [3.05, 3.63) is 71.0 Å². The zero-order valence-electron chi connectivity index (χ0n) is 13.9. The summed E-state index contributed by atoms with van der Waals surface area (Å²) < 4.78 is 18.5. The molecule has 0 bridgehead atoms. The van der Waals surface area contributed by atoms with Crippen LogP contribution in [0.25, 0.3) is 6.08 Å². The summed E-state index contributed by atoms with van der Waals surface area (Å²) >= 11 is 0. The molecule has 0 aromatic heterocycles. The number of para-hydroxylation sites is 1. The Hall–Kier alpha value is -2.66. The van der Waals surface area contributed by atoms with Gasteiger partial charge in [-0.25, -0.2) is 4.39 Å². The lowest BCUT2D eigenvalue weighted by atomic mass is 10.1. The number of benzene rings is 2. The lowest BCUT2D eigenvalue weighted by Crippen LogP contribution is -2.34. The Morgan fingerprint density at radius 2 is 1.88 bits per heavy atom. The van der Waals surface area contributed by atoms with Gasteiger partial charge in [-0.15, -0.1) is 0 Å². The maximum absolute atomic E-state index is 12.8. The Morgan fingerprint density at radius 3 is 2.72 bits per heavy atom. The average molecular weight is 340 g/mol. The normalized spacial score (nSPS) is 12.8. The van der Waals surface area contributed by atoms with Gasteiger partial charge in [0.1, 0.15) is 18.2 Å². The summed E-state index contributed by atoms with van der Waals surface area (Å²) in [7, 11) is 0.